The predicted molar refractivity (Wildman–Crippen MR) is 59.2 cm³/mol. The first-order chi connectivity index (χ1) is 6.60. The van der Waals surface area contributed by atoms with E-state index < -0.39 is 0 Å². The first kappa shape index (κ1) is 13.5. The molecule has 2 heteroatoms. The lowest BCUT2D eigenvalue weighted by atomic mass is 10.0. The van der Waals surface area contributed by atoms with Crippen LogP contribution in [0.4, 0.5) is 0 Å². The molecule has 0 heterocycles. The molecule has 2 nitrogen and oxygen atoms in total. The van der Waals surface area contributed by atoms with Gasteiger partial charge in [-0.3, -0.25) is 4.79 Å². The molecule has 0 aromatic rings. The van der Waals surface area contributed by atoms with Gasteiger partial charge in [0.25, 0.3) is 0 Å². The fourth-order valence-corrected chi connectivity index (χ4v) is 1.37. The van der Waals surface area contributed by atoms with Crippen molar-refractivity contribution in [1.29, 1.82) is 0 Å². The smallest absolute Gasteiger partial charge is 0.305 e. The minimum atomic E-state index is -0.0682. The number of esters is 1. The highest BCUT2D eigenvalue weighted by Crippen LogP contribution is 2.13. The number of carbonyl (C=O) groups is 1. The molecule has 0 aromatic heterocycles. The molecule has 0 saturated heterocycles. The van der Waals surface area contributed by atoms with E-state index in [4.69, 9.17) is 4.74 Å². The zero-order valence-electron chi connectivity index (χ0n) is 10.0. The molecular weight excluding hydrogens is 176 g/mol. The van der Waals surface area contributed by atoms with Crippen LogP contribution in [0.2, 0.25) is 0 Å². The Morgan fingerprint density at radius 2 is 1.86 bits per heavy atom. The summed E-state index contributed by atoms with van der Waals surface area (Å²) < 4.78 is 5.29. The summed E-state index contributed by atoms with van der Waals surface area (Å²) in [6.07, 6.45) is 4.96. The molecule has 0 aliphatic heterocycles. The van der Waals surface area contributed by atoms with Crippen LogP contribution in [0.3, 0.4) is 0 Å². The minimum absolute atomic E-state index is 0.0682. The normalized spacial score (nSPS) is 12.9. The number of rotatable bonds is 7. The molecule has 1 unspecified atom stereocenters. The van der Waals surface area contributed by atoms with Crippen LogP contribution in [-0.2, 0) is 9.53 Å². The molecule has 0 rings (SSSR count). The van der Waals surface area contributed by atoms with E-state index >= 15 is 0 Å². The van der Waals surface area contributed by atoms with Crippen LogP contribution in [0.25, 0.3) is 0 Å². The zero-order chi connectivity index (χ0) is 11.0. The summed E-state index contributed by atoms with van der Waals surface area (Å²) in [6.45, 7) is 8.35. The van der Waals surface area contributed by atoms with Crippen LogP contribution in [0.5, 0.6) is 0 Å². The van der Waals surface area contributed by atoms with E-state index in [2.05, 4.69) is 20.8 Å². The van der Waals surface area contributed by atoms with Crippen LogP contribution in [0.1, 0.15) is 59.8 Å². The summed E-state index contributed by atoms with van der Waals surface area (Å²) in [7, 11) is 0. The molecule has 0 spiro atoms. The summed E-state index contributed by atoms with van der Waals surface area (Å²) in [4.78, 5) is 11.1. The minimum Gasteiger partial charge on any atom is -0.462 e. The largest absolute Gasteiger partial charge is 0.462 e. The Balaban J connectivity index is 3.63. The molecular formula is C12H24O2. The average molecular weight is 200 g/mol. The molecule has 0 amide bonds. The van der Waals surface area contributed by atoms with Crippen LogP contribution >= 0.6 is 0 Å². The first-order valence-electron chi connectivity index (χ1n) is 5.79. The van der Waals surface area contributed by atoms with E-state index in [1.54, 1.807) is 0 Å². The molecule has 0 aliphatic carbocycles. The Kier molecular flexibility index (Phi) is 7.54. The van der Waals surface area contributed by atoms with Gasteiger partial charge in [0, 0.05) is 6.42 Å². The topological polar surface area (TPSA) is 26.3 Å². The molecule has 0 saturated carbocycles. The van der Waals surface area contributed by atoms with Gasteiger partial charge in [-0.2, -0.15) is 0 Å². The fourth-order valence-electron chi connectivity index (χ4n) is 1.37. The molecule has 0 radical (unpaired) electrons. The lowest BCUT2D eigenvalue weighted by molar-refractivity contribution is -0.149. The lowest BCUT2D eigenvalue weighted by Gasteiger charge is -2.16. The van der Waals surface area contributed by atoms with Gasteiger partial charge in [0.2, 0.25) is 0 Å². The second-order valence-corrected chi connectivity index (χ2v) is 4.20. The van der Waals surface area contributed by atoms with Gasteiger partial charge >= 0.3 is 5.97 Å². The molecule has 0 bridgehead atoms. The lowest BCUT2D eigenvalue weighted by Crippen LogP contribution is -2.16. The summed E-state index contributed by atoms with van der Waals surface area (Å²) in [6, 6.07) is 0. The van der Waals surface area contributed by atoms with Crippen LogP contribution in [-0.4, -0.2) is 12.1 Å². The predicted octanol–water partition coefficient (Wildman–Crippen LogP) is 3.54. The van der Waals surface area contributed by atoms with Gasteiger partial charge in [0.05, 0.1) is 0 Å². The summed E-state index contributed by atoms with van der Waals surface area (Å²) >= 11 is 0. The van der Waals surface area contributed by atoms with Gasteiger partial charge in [-0.25, -0.2) is 0 Å². The second-order valence-electron chi connectivity index (χ2n) is 4.20. The van der Waals surface area contributed by atoms with Gasteiger partial charge in [0.15, 0.2) is 0 Å². The highest BCUT2D eigenvalue weighted by Gasteiger charge is 2.10. The number of ether oxygens (including phenoxy) is 1. The Bertz CT molecular complexity index is 152. The summed E-state index contributed by atoms with van der Waals surface area (Å²) in [5.41, 5.74) is 0. The van der Waals surface area contributed by atoms with Crippen LogP contribution < -0.4 is 0 Å². The van der Waals surface area contributed by atoms with Gasteiger partial charge in [0.1, 0.15) is 6.10 Å². The first-order valence-corrected chi connectivity index (χ1v) is 5.79. The quantitative estimate of drug-likeness (QED) is 0.587. The Morgan fingerprint density at radius 3 is 2.29 bits per heavy atom. The number of hydrogen-bond donors (Lipinski definition) is 0. The number of carbonyl (C=O) groups excluding carboxylic acids is 1. The van der Waals surface area contributed by atoms with E-state index in [1.165, 1.54) is 6.42 Å². The van der Waals surface area contributed by atoms with E-state index in [1.807, 2.05) is 6.92 Å². The van der Waals surface area contributed by atoms with Crippen LogP contribution in [0.15, 0.2) is 0 Å². The standard InChI is InChI=1S/C12H24O2/c1-5-11(14-12(13)6-2)9-7-8-10(3)4/h10-11H,5-9H2,1-4H3. The van der Waals surface area contributed by atoms with Crippen LogP contribution in [0, 0.1) is 5.92 Å². The summed E-state index contributed by atoms with van der Waals surface area (Å²) in [5, 5.41) is 0. The summed E-state index contributed by atoms with van der Waals surface area (Å²) in [5.74, 6) is 0.677. The molecule has 0 fully saturated rings. The maximum absolute atomic E-state index is 11.1. The Hall–Kier alpha value is -0.530. The molecule has 0 N–H and O–H groups in total. The average Bonchev–Trinajstić information content (AvgIpc) is 2.15. The third kappa shape index (κ3) is 6.93. The van der Waals surface area contributed by atoms with Crippen molar-refractivity contribution in [3.8, 4) is 0 Å². The van der Waals surface area contributed by atoms with E-state index in [-0.39, 0.29) is 12.1 Å². The second kappa shape index (κ2) is 7.84. The van der Waals surface area contributed by atoms with Crippen molar-refractivity contribution in [2.24, 2.45) is 5.92 Å². The molecule has 14 heavy (non-hydrogen) atoms. The molecule has 0 aliphatic rings. The van der Waals surface area contributed by atoms with E-state index in [9.17, 15) is 4.79 Å². The number of hydrogen-bond acceptors (Lipinski definition) is 2. The van der Waals surface area contributed by atoms with Crippen molar-refractivity contribution in [1.82, 2.24) is 0 Å². The maximum Gasteiger partial charge on any atom is 0.305 e. The van der Waals surface area contributed by atoms with Gasteiger partial charge < -0.3 is 4.74 Å². The third-order valence-corrected chi connectivity index (χ3v) is 2.35. The monoisotopic (exact) mass is 200 g/mol. The highest BCUT2D eigenvalue weighted by molar-refractivity contribution is 5.69. The van der Waals surface area contributed by atoms with Crippen molar-refractivity contribution in [3.63, 3.8) is 0 Å². The molecule has 0 aromatic carbocycles. The van der Waals surface area contributed by atoms with E-state index in [0.717, 1.165) is 25.2 Å². The van der Waals surface area contributed by atoms with Crippen molar-refractivity contribution < 1.29 is 9.53 Å². The van der Waals surface area contributed by atoms with Gasteiger partial charge in [-0.1, -0.05) is 34.1 Å². The van der Waals surface area contributed by atoms with Crippen molar-refractivity contribution in [3.05, 3.63) is 0 Å². The van der Waals surface area contributed by atoms with Crippen molar-refractivity contribution >= 4 is 5.97 Å². The van der Waals surface area contributed by atoms with E-state index in [0.29, 0.717) is 6.42 Å². The van der Waals surface area contributed by atoms with Gasteiger partial charge in [-0.15, -0.1) is 0 Å². The Morgan fingerprint density at radius 1 is 1.21 bits per heavy atom. The molecule has 1 atom stereocenters. The SMILES string of the molecule is CCC(=O)OC(CC)CCCC(C)C. The maximum atomic E-state index is 11.1. The van der Waals surface area contributed by atoms with Crippen molar-refractivity contribution in [2.75, 3.05) is 0 Å². The third-order valence-electron chi connectivity index (χ3n) is 2.35. The Labute approximate surface area is 88.0 Å². The van der Waals surface area contributed by atoms with Crippen molar-refractivity contribution in [2.45, 2.75) is 65.9 Å². The highest BCUT2D eigenvalue weighted by atomic mass is 16.5. The molecule has 84 valence electrons. The fraction of sp³-hybridized carbons (Fsp3) is 0.917. The van der Waals surface area contributed by atoms with Gasteiger partial charge in [-0.05, 0) is 25.2 Å². The zero-order valence-corrected chi connectivity index (χ0v) is 10.0.